The first-order valence-corrected chi connectivity index (χ1v) is 10.9. The molecule has 0 atom stereocenters. The summed E-state index contributed by atoms with van der Waals surface area (Å²) in [5.74, 6) is 0.780. The van der Waals surface area contributed by atoms with Crippen molar-refractivity contribution in [3.05, 3.63) is 39.1 Å². The van der Waals surface area contributed by atoms with Crippen LogP contribution in [-0.4, -0.2) is 33.1 Å². The lowest BCUT2D eigenvalue weighted by Crippen LogP contribution is -2.42. The third-order valence-corrected chi connectivity index (χ3v) is 6.36. The molecule has 0 fully saturated rings. The van der Waals surface area contributed by atoms with Gasteiger partial charge >= 0.3 is 0 Å². The number of hydrazine groups is 1. The molecule has 1 aliphatic rings. The number of amides is 2. The molecular formula is C22H28N2O5S. The van der Waals surface area contributed by atoms with Crippen LogP contribution in [0.2, 0.25) is 0 Å². The molecule has 0 saturated carbocycles. The second kappa shape index (κ2) is 10.3. The maximum Gasteiger partial charge on any atom is 0.279 e. The van der Waals surface area contributed by atoms with Crippen LogP contribution in [-0.2, 0) is 24.1 Å². The number of rotatable bonds is 6. The van der Waals surface area contributed by atoms with Gasteiger partial charge in [0.05, 0.1) is 32.6 Å². The number of methoxy groups -OCH3 is 3. The zero-order chi connectivity index (χ0) is 21.5. The van der Waals surface area contributed by atoms with Crippen LogP contribution in [0.25, 0.3) is 0 Å². The summed E-state index contributed by atoms with van der Waals surface area (Å²) in [4.78, 5) is 26.8. The number of hydrogen-bond acceptors (Lipinski definition) is 6. The number of carbonyl (C=O) groups excluding carboxylic acids is 2. The number of benzene rings is 1. The summed E-state index contributed by atoms with van der Waals surface area (Å²) in [5, 5.41) is 0. The van der Waals surface area contributed by atoms with Gasteiger partial charge in [0.15, 0.2) is 11.5 Å². The number of aryl methyl sites for hydroxylation is 2. The smallest absolute Gasteiger partial charge is 0.279 e. The second-order valence-corrected chi connectivity index (χ2v) is 8.32. The lowest BCUT2D eigenvalue weighted by Gasteiger charge is -2.14. The average molecular weight is 433 g/mol. The Morgan fingerprint density at radius 3 is 2.20 bits per heavy atom. The summed E-state index contributed by atoms with van der Waals surface area (Å²) in [7, 11) is 4.56. The van der Waals surface area contributed by atoms with Gasteiger partial charge in [-0.05, 0) is 55.0 Å². The van der Waals surface area contributed by atoms with Crippen molar-refractivity contribution in [1.82, 2.24) is 10.9 Å². The highest BCUT2D eigenvalue weighted by Gasteiger charge is 2.18. The minimum absolute atomic E-state index is 0.0535. The first-order chi connectivity index (χ1) is 14.5. The Labute approximate surface area is 180 Å². The zero-order valence-corrected chi connectivity index (χ0v) is 18.4. The van der Waals surface area contributed by atoms with Crippen molar-refractivity contribution < 1.29 is 23.8 Å². The third-order valence-electron chi connectivity index (χ3n) is 5.13. The summed E-state index contributed by atoms with van der Waals surface area (Å²) in [5.41, 5.74) is 6.97. The molecule has 1 aromatic heterocycles. The van der Waals surface area contributed by atoms with Crippen molar-refractivity contribution in [3.8, 4) is 17.2 Å². The molecule has 7 nitrogen and oxygen atoms in total. The van der Waals surface area contributed by atoms with E-state index < -0.39 is 0 Å². The molecule has 0 aliphatic heterocycles. The van der Waals surface area contributed by atoms with Crippen LogP contribution in [0.4, 0.5) is 0 Å². The van der Waals surface area contributed by atoms with Gasteiger partial charge in [0.25, 0.3) is 5.91 Å². The van der Waals surface area contributed by atoms with Crippen LogP contribution in [0.1, 0.15) is 51.4 Å². The Balaban J connectivity index is 1.61. The lowest BCUT2D eigenvalue weighted by atomic mass is 10.00. The first kappa shape index (κ1) is 22.0. The quantitative estimate of drug-likeness (QED) is 0.683. The molecule has 1 aromatic carbocycles. The maximum atomic E-state index is 12.5. The maximum absolute atomic E-state index is 12.5. The highest BCUT2D eigenvalue weighted by molar-refractivity contribution is 7.14. The highest BCUT2D eigenvalue weighted by atomic mass is 32.1. The van der Waals surface area contributed by atoms with E-state index in [1.165, 1.54) is 62.4 Å². The second-order valence-electron chi connectivity index (χ2n) is 7.19. The molecule has 0 saturated heterocycles. The Bertz CT molecular complexity index is 858. The van der Waals surface area contributed by atoms with E-state index >= 15 is 0 Å². The summed E-state index contributed by atoms with van der Waals surface area (Å²) in [6.07, 6.45) is 6.92. The molecule has 0 radical (unpaired) electrons. The van der Waals surface area contributed by atoms with Gasteiger partial charge in [-0.3, -0.25) is 20.4 Å². The standard InChI is InChI=1S/C22H28N2O5S/c1-27-16-10-14(11-17(28-2)21(16)29-3)12-20(25)23-24-22(26)19-13-15-8-6-4-5-7-9-18(15)30-19/h10-11,13H,4-9,12H2,1-3H3,(H,23,25)(H,24,26). The summed E-state index contributed by atoms with van der Waals surface area (Å²) in [6, 6.07) is 5.39. The Kier molecular flexibility index (Phi) is 7.57. The number of nitrogens with one attached hydrogen (secondary N) is 2. The van der Waals surface area contributed by atoms with Crippen LogP contribution in [0.3, 0.4) is 0 Å². The van der Waals surface area contributed by atoms with Crippen molar-refractivity contribution >= 4 is 23.2 Å². The molecule has 2 amide bonds. The van der Waals surface area contributed by atoms with Crippen molar-refractivity contribution in [2.24, 2.45) is 0 Å². The van der Waals surface area contributed by atoms with Gasteiger partial charge in [-0.25, -0.2) is 0 Å². The van der Waals surface area contributed by atoms with Crippen molar-refractivity contribution in [2.45, 2.75) is 44.9 Å². The first-order valence-electron chi connectivity index (χ1n) is 10.0. The molecule has 0 unspecified atom stereocenters. The van der Waals surface area contributed by atoms with Crippen molar-refractivity contribution in [3.63, 3.8) is 0 Å². The van der Waals surface area contributed by atoms with Gasteiger partial charge in [-0.15, -0.1) is 11.3 Å². The van der Waals surface area contributed by atoms with E-state index in [2.05, 4.69) is 10.9 Å². The van der Waals surface area contributed by atoms with Crippen LogP contribution in [0.15, 0.2) is 18.2 Å². The number of fused-ring (bicyclic) bond motifs is 1. The fourth-order valence-corrected chi connectivity index (χ4v) is 4.76. The summed E-state index contributed by atoms with van der Waals surface area (Å²) in [6.45, 7) is 0. The Morgan fingerprint density at radius 1 is 0.900 bits per heavy atom. The normalized spacial score (nSPS) is 13.4. The minimum Gasteiger partial charge on any atom is -0.493 e. The molecule has 1 aliphatic carbocycles. The van der Waals surface area contributed by atoms with Gasteiger partial charge in [-0.2, -0.15) is 0 Å². The number of hydrogen-bond donors (Lipinski definition) is 2. The molecule has 3 rings (SSSR count). The molecule has 0 bridgehead atoms. The fourth-order valence-electron chi connectivity index (χ4n) is 3.61. The van der Waals surface area contributed by atoms with Gasteiger partial charge < -0.3 is 14.2 Å². The van der Waals surface area contributed by atoms with Gasteiger partial charge in [0.2, 0.25) is 11.7 Å². The monoisotopic (exact) mass is 432 g/mol. The molecule has 30 heavy (non-hydrogen) atoms. The van der Waals surface area contributed by atoms with E-state index in [-0.39, 0.29) is 18.2 Å². The predicted octanol–water partition coefficient (Wildman–Crippen LogP) is 3.44. The topological polar surface area (TPSA) is 85.9 Å². The van der Waals surface area contributed by atoms with E-state index in [0.29, 0.717) is 27.7 Å². The molecule has 1 heterocycles. The predicted molar refractivity (Wildman–Crippen MR) is 116 cm³/mol. The lowest BCUT2D eigenvalue weighted by molar-refractivity contribution is -0.121. The Hall–Kier alpha value is -2.74. The largest absolute Gasteiger partial charge is 0.493 e. The van der Waals surface area contributed by atoms with Crippen LogP contribution >= 0.6 is 11.3 Å². The van der Waals surface area contributed by atoms with E-state index in [4.69, 9.17) is 14.2 Å². The van der Waals surface area contributed by atoms with Crippen molar-refractivity contribution in [1.29, 1.82) is 0 Å². The number of carbonyl (C=O) groups is 2. The molecule has 162 valence electrons. The van der Waals surface area contributed by atoms with E-state index in [1.54, 1.807) is 12.1 Å². The third kappa shape index (κ3) is 5.24. The average Bonchev–Trinajstić information content (AvgIpc) is 3.13. The molecular weight excluding hydrogens is 404 g/mol. The van der Waals surface area contributed by atoms with Crippen LogP contribution in [0, 0.1) is 0 Å². The zero-order valence-electron chi connectivity index (χ0n) is 17.6. The summed E-state index contributed by atoms with van der Waals surface area (Å²) >= 11 is 1.53. The minimum atomic E-state index is -0.340. The fraction of sp³-hybridized carbons (Fsp3) is 0.455. The van der Waals surface area contributed by atoms with E-state index in [0.717, 1.165) is 19.3 Å². The molecule has 2 N–H and O–H groups in total. The summed E-state index contributed by atoms with van der Waals surface area (Å²) < 4.78 is 15.9. The highest BCUT2D eigenvalue weighted by Crippen LogP contribution is 2.38. The van der Waals surface area contributed by atoms with Gasteiger partial charge in [0.1, 0.15) is 0 Å². The van der Waals surface area contributed by atoms with E-state index in [9.17, 15) is 9.59 Å². The number of ether oxygens (including phenoxy) is 3. The van der Waals surface area contributed by atoms with Gasteiger partial charge in [-0.1, -0.05) is 12.8 Å². The van der Waals surface area contributed by atoms with E-state index in [1.807, 2.05) is 6.07 Å². The Morgan fingerprint density at radius 2 is 1.57 bits per heavy atom. The molecule has 0 spiro atoms. The van der Waals surface area contributed by atoms with Gasteiger partial charge in [0, 0.05) is 4.88 Å². The van der Waals surface area contributed by atoms with Crippen LogP contribution in [0.5, 0.6) is 17.2 Å². The SMILES string of the molecule is COc1cc(CC(=O)NNC(=O)c2cc3c(s2)CCCCCC3)cc(OC)c1OC. The van der Waals surface area contributed by atoms with Crippen molar-refractivity contribution in [2.75, 3.05) is 21.3 Å². The molecule has 2 aromatic rings. The number of thiophene rings is 1. The molecule has 8 heteroatoms. The van der Waals surface area contributed by atoms with Crippen LogP contribution < -0.4 is 25.1 Å².